The van der Waals surface area contributed by atoms with Gasteiger partial charge in [0.15, 0.2) is 0 Å². The van der Waals surface area contributed by atoms with Gasteiger partial charge in [0.1, 0.15) is 0 Å². The van der Waals surface area contributed by atoms with Crippen LogP contribution in [0.3, 0.4) is 0 Å². The van der Waals surface area contributed by atoms with Crippen LogP contribution in [0.15, 0.2) is 0 Å². The zero-order chi connectivity index (χ0) is 11.4. The summed E-state index contributed by atoms with van der Waals surface area (Å²) >= 11 is 0. The molecule has 1 atom stereocenters. The predicted molar refractivity (Wildman–Crippen MR) is 63.6 cm³/mol. The number of rotatable bonds is 3. The molecule has 88 valence electrons. The fraction of sp³-hybridized carbons (Fsp3) is 0.923. The van der Waals surface area contributed by atoms with Gasteiger partial charge in [-0.25, -0.2) is 0 Å². The number of piperidine rings is 1. The number of likely N-dealkylation sites (tertiary alicyclic amines) is 1. The van der Waals surface area contributed by atoms with Gasteiger partial charge in [-0.1, -0.05) is 27.7 Å². The van der Waals surface area contributed by atoms with Crippen molar-refractivity contribution in [1.29, 1.82) is 0 Å². The Morgan fingerprint density at radius 3 is 2.53 bits per heavy atom. The number of carbonyl (C=O) groups excluding carboxylic acids is 1. The Balaban J connectivity index is 2.45. The molecule has 1 aliphatic rings. The second kappa shape index (κ2) is 5.53. The van der Waals surface area contributed by atoms with E-state index in [0.717, 1.165) is 19.0 Å². The van der Waals surface area contributed by atoms with E-state index in [9.17, 15) is 4.79 Å². The molecular weight excluding hydrogens is 186 g/mol. The molecule has 1 amide bonds. The maximum Gasteiger partial charge on any atom is 0.222 e. The van der Waals surface area contributed by atoms with Gasteiger partial charge in [-0.3, -0.25) is 4.79 Å². The molecule has 0 radical (unpaired) electrons. The highest BCUT2D eigenvalue weighted by molar-refractivity contribution is 5.76. The van der Waals surface area contributed by atoms with Crippen LogP contribution in [0.25, 0.3) is 0 Å². The van der Waals surface area contributed by atoms with Crippen LogP contribution in [0.5, 0.6) is 0 Å². The lowest BCUT2D eigenvalue weighted by molar-refractivity contribution is -0.134. The summed E-state index contributed by atoms with van der Waals surface area (Å²) in [6.07, 6.45) is 3.20. The maximum absolute atomic E-state index is 11.9. The first-order valence-corrected chi connectivity index (χ1v) is 6.28. The molecule has 1 aliphatic heterocycles. The van der Waals surface area contributed by atoms with Crippen LogP contribution >= 0.6 is 0 Å². The lowest BCUT2D eigenvalue weighted by Crippen LogP contribution is -2.41. The first kappa shape index (κ1) is 12.5. The van der Waals surface area contributed by atoms with Crippen molar-refractivity contribution in [3.63, 3.8) is 0 Å². The molecule has 1 saturated heterocycles. The molecule has 2 nitrogen and oxygen atoms in total. The molecule has 0 unspecified atom stereocenters. The number of amides is 1. The fourth-order valence-corrected chi connectivity index (χ4v) is 2.26. The van der Waals surface area contributed by atoms with Crippen LogP contribution in [0.2, 0.25) is 0 Å². The number of carbonyl (C=O) groups is 1. The van der Waals surface area contributed by atoms with Crippen molar-refractivity contribution in [2.75, 3.05) is 13.1 Å². The smallest absolute Gasteiger partial charge is 0.222 e. The molecule has 1 rings (SSSR count). The summed E-state index contributed by atoms with van der Waals surface area (Å²) in [6, 6.07) is 0. The molecule has 0 aromatic carbocycles. The molecule has 2 heteroatoms. The monoisotopic (exact) mass is 211 g/mol. The Kier molecular flexibility index (Phi) is 4.62. The van der Waals surface area contributed by atoms with Crippen molar-refractivity contribution in [1.82, 2.24) is 4.90 Å². The average molecular weight is 211 g/mol. The average Bonchev–Trinajstić information content (AvgIpc) is 2.17. The normalized spacial score (nSPS) is 22.5. The summed E-state index contributed by atoms with van der Waals surface area (Å²) in [5.74, 6) is 2.27. The van der Waals surface area contributed by atoms with Crippen LogP contribution in [0.4, 0.5) is 0 Å². The van der Waals surface area contributed by atoms with E-state index >= 15 is 0 Å². The molecular formula is C13H25NO. The van der Waals surface area contributed by atoms with E-state index in [1.165, 1.54) is 12.8 Å². The van der Waals surface area contributed by atoms with E-state index in [4.69, 9.17) is 0 Å². The van der Waals surface area contributed by atoms with E-state index in [2.05, 4.69) is 32.6 Å². The minimum Gasteiger partial charge on any atom is -0.342 e. The Labute approximate surface area is 94.0 Å². The van der Waals surface area contributed by atoms with Crippen molar-refractivity contribution in [2.45, 2.75) is 47.0 Å². The SMILES string of the molecule is CC(C)CC(=O)N1CCC[C@@H](C(C)C)C1. The molecule has 0 N–H and O–H groups in total. The second-order valence-corrected chi connectivity index (χ2v) is 5.58. The van der Waals surface area contributed by atoms with Gasteiger partial charge in [0.05, 0.1) is 0 Å². The second-order valence-electron chi connectivity index (χ2n) is 5.58. The summed E-state index contributed by atoms with van der Waals surface area (Å²) < 4.78 is 0. The molecule has 0 aliphatic carbocycles. The molecule has 0 bridgehead atoms. The summed E-state index contributed by atoms with van der Waals surface area (Å²) in [7, 11) is 0. The fourth-order valence-electron chi connectivity index (χ4n) is 2.26. The lowest BCUT2D eigenvalue weighted by atomic mass is 9.87. The van der Waals surface area contributed by atoms with Crippen LogP contribution in [0.1, 0.15) is 47.0 Å². The quantitative estimate of drug-likeness (QED) is 0.703. The van der Waals surface area contributed by atoms with Crippen molar-refractivity contribution in [3.05, 3.63) is 0 Å². The third-order valence-corrected chi connectivity index (χ3v) is 3.34. The molecule has 0 aromatic rings. The highest BCUT2D eigenvalue weighted by atomic mass is 16.2. The van der Waals surface area contributed by atoms with Gasteiger partial charge in [-0.15, -0.1) is 0 Å². The van der Waals surface area contributed by atoms with Gasteiger partial charge in [-0.05, 0) is 30.6 Å². The Morgan fingerprint density at radius 1 is 1.33 bits per heavy atom. The highest BCUT2D eigenvalue weighted by Crippen LogP contribution is 2.24. The standard InChI is InChI=1S/C13H25NO/c1-10(2)8-13(15)14-7-5-6-12(9-14)11(3)4/h10-12H,5-9H2,1-4H3/t12-/m1/s1. The maximum atomic E-state index is 11.9. The van der Waals surface area contributed by atoms with E-state index in [-0.39, 0.29) is 0 Å². The van der Waals surface area contributed by atoms with Gasteiger partial charge in [0.2, 0.25) is 5.91 Å². The zero-order valence-electron chi connectivity index (χ0n) is 10.6. The van der Waals surface area contributed by atoms with Crippen LogP contribution in [0, 0.1) is 17.8 Å². The van der Waals surface area contributed by atoms with Crippen molar-refractivity contribution < 1.29 is 4.79 Å². The van der Waals surface area contributed by atoms with Crippen molar-refractivity contribution in [3.8, 4) is 0 Å². The molecule has 0 spiro atoms. The van der Waals surface area contributed by atoms with Crippen molar-refractivity contribution in [2.24, 2.45) is 17.8 Å². The number of hydrogen-bond acceptors (Lipinski definition) is 1. The van der Waals surface area contributed by atoms with E-state index < -0.39 is 0 Å². The molecule has 1 fully saturated rings. The van der Waals surface area contributed by atoms with Gasteiger partial charge in [0, 0.05) is 19.5 Å². The third-order valence-electron chi connectivity index (χ3n) is 3.34. The first-order chi connectivity index (χ1) is 7.00. The Morgan fingerprint density at radius 2 is 2.00 bits per heavy atom. The predicted octanol–water partition coefficient (Wildman–Crippen LogP) is 2.93. The summed E-state index contributed by atoms with van der Waals surface area (Å²) in [5, 5.41) is 0. The molecule has 0 saturated carbocycles. The molecule has 0 aromatic heterocycles. The van der Waals surface area contributed by atoms with E-state index in [1.54, 1.807) is 0 Å². The third kappa shape index (κ3) is 3.84. The van der Waals surface area contributed by atoms with E-state index in [0.29, 0.717) is 24.2 Å². The largest absolute Gasteiger partial charge is 0.342 e. The van der Waals surface area contributed by atoms with Gasteiger partial charge < -0.3 is 4.90 Å². The van der Waals surface area contributed by atoms with Gasteiger partial charge >= 0.3 is 0 Å². The van der Waals surface area contributed by atoms with Crippen LogP contribution < -0.4 is 0 Å². The topological polar surface area (TPSA) is 20.3 Å². The molecule has 15 heavy (non-hydrogen) atoms. The Hall–Kier alpha value is -0.530. The van der Waals surface area contributed by atoms with Gasteiger partial charge in [-0.2, -0.15) is 0 Å². The Bertz CT molecular complexity index is 211. The summed E-state index contributed by atoms with van der Waals surface area (Å²) in [5.41, 5.74) is 0. The minimum atomic E-state index is 0.357. The minimum absolute atomic E-state index is 0.357. The summed E-state index contributed by atoms with van der Waals surface area (Å²) in [4.78, 5) is 14.0. The number of nitrogens with zero attached hydrogens (tertiary/aromatic N) is 1. The first-order valence-electron chi connectivity index (χ1n) is 6.28. The highest BCUT2D eigenvalue weighted by Gasteiger charge is 2.25. The summed E-state index contributed by atoms with van der Waals surface area (Å²) in [6.45, 7) is 10.7. The van der Waals surface area contributed by atoms with Crippen LogP contribution in [-0.2, 0) is 4.79 Å². The zero-order valence-corrected chi connectivity index (χ0v) is 10.6. The van der Waals surface area contributed by atoms with Gasteiger partial charge in [0.25, 0.3) is 0 Å². The van der Waals surface area contributed by atoms with Crippen LogP contribution in [-0.4, -0.2) is 23.9 Å². The lowest BCUT2D eigenvalue weighted by Gasteiger charge is -2.35. The van der Waals surface area contributed by atoms with E-state index in [1.807, 2.05) is 0 Å². The molecule has 1 heterocycles. The number of hydrogen-bond donors (Lipinski definition) is 0. The van der Waals surface area contributed by atoms with Crippen molar-refractivity contribution >= 4 is 5.91 Å².